The van der Waals surface area contributed by atoms with Crippen molar-refractivity contribution in [3.8, 4) is 0 Å². The Morgan fingerprint density at radius 1 is 1.38 bits per heavy atom. The van der Waals surface area contributed by atoms with Gasteiger partial charge in [0.05, 0.1) is 5.52 Å². The molecule has 0 saturated carbocycles. The van der Waals surface area contributed by atoms with Crippen molar-refractivity contribution in [1.29, 1.82) is 0 Å². The predicted octanol–water partition coefficient (Wildman–Crippen LogP) is 2.04. The van der Waals surface area contributed by atoms with Crippen molar-refractivity contribution in [1.82, 2.24) is 14.9 Å². The number of fused-ring (bicyclic) bond motifs is 1. The molecule has 0 spiro atoms. The van der Waals surface area contributed by atoms with Crippen LogP contribution in [-0.2, 0) is 7.05 Å². The van der Waals surface area contributed by atoms with Crippen LogP contribution < -0.4 is 5.32 Å². The van der Waals surface area contributed by atoms with Gasteiger partial charge in [-0.2, -0.15) is 0 Å². The molecular weight excluding hydrogens is 198 g/mol. The summed E-state index contributed by atoms with van der Waals surface area (Å²) in [6.45, 7) is 2.28. The highest BCUT2D eigenvalue weighted by Gasteiger charge is 2.19. The van der Waals surface area contributed by atoms with Crippen LogP contribution in [0.2, 0.25) is 0 Å². The smallest absolute Gasteiger partial charge is 0.0511 e. The fourth-order valence-electron chi connectivity index (χ4n) is 2.72. The van der Waals surface area contributed by atoms with Crippen molar-refractivity contribution in [2.75, 3.05) is 13.1 Å². The molecule has 1 aliphatic rings. The first kappa shape index (κ1) is 9.85. The number of pyridine rings is 1. The van der Waals surface area contributed by atoms with Gasteiger partial charge in [0.15, 0.2) is 0 Å². The first-order chi connectivity index (χ1) is 7.86. The number of aromatic nitrogens is 2. The van der Waals surface area contributed by atoms with E-state index in [1.54, 1.807) is 0 Å². The van der Waals surface area contributed by atoms with Crippen molar-refractivity contribution in [3.05, 3.63) is 30.2 Å². The maximum Gasteiger partial charge on any atom is 0.0511 e. The summed E-state index contributed by atoms with van der Waals surface area (Å²) in [5.74, 6) is 0.703. The molecule has 3 heteroatoms. The molecule has 0 radical (unpaired) electrons. The van der Waals surface area contributed by atoms with E-state index in [1.807, 2.05) is 12.4 Å². The molecule has 3 rings (SSSR count). The molecule has 1 N–H and O–H groups in total. The normalized spacial score (nSPS) is 18.1. The zero-order valence-electron chi connectivity index (χ0n) is 9.61. The highest BCUT2D eigenvalue weighted by molar-refractivity contribution is 5.83. The van der Waals surface area contributed by atoms with E-state index in [9.17, 15) is 0 Å². The van der Waals surface area contributed by atoms with E-state index in [4.69, 9.17) is 0 Å². The standard InChI is InChI=1S/C13H17N3/c1-16-9-12(10-2-5-14-6-3-10)11-8-15-7-4-13(11)16/h4,7-10,14H,2-3,5-6H2,1H3. The van der Waals surface area contributed by atoms with E-state index >= 15 is 0 Å². The molecule has 0 atom stereocenters. The largest absolute Gasteiger partial charge is 0.350 e. The fraction of sp³-hybridized carbons (Fsp3) is 0.462. The topological polar surface area (TPSA) is 29.9 Å². The molecule has 3 heterocycles. The number of hydrogen-bond donors (Lipinski definition) is 1. The summed E-state index contributed by atoms with van der Waals surface area (Å²) >= 11 is 0. The predicted molar refractivity (Wildman–Crippen MR) is 65.6 cm³/mol. The minimum Gasteiger partial charge on any atom is -0.350 e. The molecule has 0 aliphatic carbocycles. The Hall–Kier alpha value is -1.35. The summed E-state index contributed by atoms with van der Waals surface area (Å²) in [4.78, 5) is 4.25. The third-order valence-corrected chi connectivity index (χ3v) is 3.60. The summed E-state index contributed by atoms with van der Waals surface area (Å²) in [6.07, 6.45) is 8.64. The zero-order valence-corrected chi connectivity index (χ0v) is 9.61. The summed E-state index contributed by atoms with van der Waals surface area (Å²) in [6, 6.07) is 2.10. The molecule has 0 amide bonds. The average Bonchev–Trinajstić information content (AvgIpc) is 2.69. The summed E-state index contributed by atoms with van der Waals surface area (Å²) in [5, 5.41) is 4.75. The average molecular weight is 215 g/mol. The lowest BCUT2D eigenvalue weighted by atomic mass is 9.90. The third-order valence-electron chi connectivity index (χ3n) is 3.60. The third kappa shape index (κ3) is 1.52. The molecule has 3 nitrogen and oxygen atoms in total. The van der Waals surface area contributed by atoms with Crippen LogP contribution in [0.3, 0.4) is 0 Å². The van der Waals surface area contributed by atoms with Gasteiger partial charge in [0.1, 0.15) is 0 Å². The minimum absolute atomic E-state index is 0.703. The first-order valence-corrected chi connectivity index (χ1v) is 5.96. The molecule has 2 aromatic rings. The van der Waals surface area contributed by atoms with E-state index in [0.29, 0.717) is 5.92 Å². The van der Waals surface area contributed by atoms with Gasteiger partial charge >= 0.3 is 0 Å². The number of nitrogens with zero attached hydrogens (tertiary/aromatic N) is 2. The quantitative estimate of drug-likeness (QED) is 0.789. The Kier molecular flexibility index (Phi) is 2.40. The lowest BCUT2D eigenvalue weighted by Gasteiger charge is -2.22. The Labute approximate surface area is 95.5 Å². The van der Waals surface area contributed by atoms with Gasteiger partial charge in [-0.3, -0.25) is 4.98 Å². The van der Waals surface area contributed by atoms with Gasteiger partial charge in [0, 0.05) is 31.0 Å². The highest BCUT2D eigenvalue weighted by Crippen LogP contribution is 2.31. The second-order valence-electron chi connectivity index (χ2n) is 4.61. The Morgan fingerprint density at radius 3 is 3.00 bits per heavy atom. The van der Waals surface area contributed by atoms with Crippen LogP contribution in [0.4, 0.5) is 0 Å². The monoisotopic (exact) mass is 215 g/mol. The van der Waals surface area contributed by atoms with Crippen LogP contribution in [0.5, 0.6) is 0 Å². The molecule has 1 aliphatic heterocycles. The van der Waals surface area contributed by atoms with Crippen molar-refractivity contribution in [2.24, 2.45) is 7.05 Å². The van der Waals surface area contributed by atoms with Crippen LogP contribution >= 0.6 is 0 Å². The highest BCUT2D eigenvalue weighted by atomic mass is 14.9. The summed E-state index contributed by atoms with van der Waals surface area (Å²) in [5.41, 5.74) is 2.77. The first-order valence-electron chi connectivity index (χ1n) is 5.96. The van der Waals surface area contributed by atoms with Crippen LogP contribution in [-0.4, -0.2) is 22.6 Å². The molecular formula is C13H17N3. The van der Waals surface area contributed by atoms with Crippen LogP contribution in [0.1, 0.15) is 24.3 Å². The van der Waals surface area contributed by atoms with Crippen molar-refractivity contribution >= 4 is 10.9 Å². The summed E-state index contributed by atoms with van der Waals surface area (Å²) in [7, 11) is 2.12. The zero-order chi connectivity index (χ0) is 11.0. The molecule has 16 heavy (non-hydrogen) atoms. The molecule has 1 fully saturated rings. The maximum atomic E-state index is 4.25. The van der Waals surface area contributed by atoms with E-state index in [-0.39, 0.29) is 0 Å². The number of aryl methyl sites for hydroxylation is 1. The number of rotatable bonds is 1. The van der Waals surface area contributed by atoms with Gasteiger partial charge in [-0.1, -0.05) is 0 Å². The molecule has 1 saturated heterocycles. The summed E-state index contributed by atoms with van der Waals surface area (Å²) < 4.78 is 2.22. The van der Waals surface area contributed by atoms with E-state index in [2.05, 4.69) is 34.2 Å². The van der Waals surface area contributed by atoms with E-state index in [0.717, 1.165) is 13.1 Å². The number of piperidine rings is 1. The Morgan fingerprint density at radius 2 is 2.19 bits per heavy atom. The van der Waals surface area contributed by atoms with E-state index < -0.39 is 0 Å². The van der Waals surface area contributed by atoms with Crippen LogP contribution in [0.15, 0.2) is 24.7 Å². The second kappa shape index (κ2) is 3.91. The van der Waals surface area contributed by atoms with Gasteiger partial charge < -0.3 is 9.88 Å². The molecule has 2 aromatic heterocycles. The van der Waals surface area contributed by atoms with Gasteiger partial charge in [-0.25, -0.2) is 0 Å². The van der Waals surface area contributed by atoms with Crippen molar-refractivity contribution in [3.63, 3.8) is 0 Å². The lowest BCUT2D eigenvalue weighted by Crippen LogP contribution is -2.26. The van der Waals surface area contributed by atoms with E-state index in [1.165, 1.54) is 29.3 Å². The Balaban J connectivity index is 2.08. The number of nitrogens with one attached hydrogen (secondary N) is 1. The molecule has 0 aromatic carbocycles. The fourth-order valence-corrected chi connectivity index (χ4v) is 2.72. The van der Waals surface area contributed by atoms with Crippen LogP contribution in [0, 0.1) is 0 Å². The molecule has 0 bridgehead atoms. The Bertz CT molecular complexity index is 495. The van der Waals surface area contributed by atoms with Crippen molar-refractivity contribution in [2.45, 2.75) is 18.8 Å². The number of hydrogen-bond acceptors (Lipinski definition) is 2. The van der Waals surface area contributed by atoms with Gasteiger partial charge in [-0.05, 0) is 43.5 Å². The second-order valence-corrected chi connectivity index (χ2v) is 4.61. The maximum absolute atomic E-state index is 4.25. The van der Waals surface area contributed by atoms with Gasteiger partial charge in [0.25, 0.3) is 0 Å². The molecule has 84 valence electrons. The molecule has 0 unspecified atom stereocenters. The van der Waals surface area contributed by atoms with Gasteiger partial charge in [0.2, 0.25) is 0 Å². The lowest BCUT2D eigenvalue weighted by molar-refractivity contribution is 0.462. The SMILES string of the molecule is Cn1cc(C2CCNCC2)c2cnccc21. The minimum atomic E-state index is 0.703. The van der Waals surface area contributed by atoms with Gasteiger partial charge in [-0.15, -0.1) is 0 Å². The van der Waals surface area contributed by atoms with Crippen molar-refractivity contribution < 1.29 is 0 Å². The van der Waals surface area contributed by atoms with Crippen LogP contribution in [0.25, 0.3) is 10.9 Å².